The molecule has 9 heteroatoms. The van der Waals surface area contributed by atoms with E-state index in [-0.39, 0.29) is 34.6 Å². The van der Waals surface area contributed by atoms with Gasteiger partial charge in [-0.3, -0.25) is 9.59 Å². The Labute approximate surface area is 224 Å². The number of ether oxygens (including phenoxy) is 2. The Balaban J connectivity index is 1.43. The number of carbonyl (C=O) groups is 2. The van der Waals surface area contributed by atoms with Gasteiger partial charge in [0.25, 0.3) is 11.8 Å². The smallest absolute Gasteiger partial charge is 0.275 e. The van der Waals surface area contributed by atoms with Crippen LogP contribution in [-0.2, 0) is 4.79 Å². The number of hydrogen-bond donors (Lipinski definition) is 3. The van der Waals surface area contributed by atoms with Gasteiger partial charge >= 0.3 is 0 Å². The highest BCUT2D eigenvalue weighted by atomic mass is 35.5. The number of halogens is 1. The van der Waals surface area contributed by atoms with Crippen molar-refractivity contribution in [1.29, 1.82) is 0 Å². The van der Waals surface area contributed by atoms with Crippen LogP contribution in [0, 0.1) is 6.92 Å². The number of nitrogens with one attached hydrogen (secondary N) is 2. The monoisotopic (exact) mass is 531 g/mol. The van der Waals surface area contributed by atoms with E-state index in [0.29, 0.717) is 23.6 Å². The number of benzene rings is 4. The minimum absolute atomic E-state index is 0.0987. The maximum atomic E-state index is 12.6. The van der Waals surface area contributed by atoms with Gasteiger partial charge in [0.1, 0.15) is 5.75 Å². The Kier molecular flexibility index (Phi) is 8.45. The van der Waals surface area contributed by atoms with Crippen molar-refractivity contribution in [2.45, 2.75) is 13.8 Å². The molecule has 194 valence electrons. The van der Waals surface area contributed by atoms with Crippen LogP contribution in [0.2, 0.25) is 5.02 Å². The summed E-state index contributed by atoms with van der Waals surface area (Å²) in [5.41, 5.74) is 4.78. The van der Waals surface area contributed by atoms with Gasteiger partial charge in [0, 0.05) is 5.69 Å². The van der Waals surface area contributed by atoms with Gasteiger partial charge in [-0.25, -0.2) is 5.43 Å². The highest BCUT2D eigenvalue weighted by Gasteiger charge is 2.15. The fraction of sp³-hybridized carbons (Fsp3) is 0.138. The predicted molar refractivity (Wildman–Crippen MR) is 149 cm³/mol. The largest absolute Gasteiger partial charge is 0.507 e. The summed E-state index contributed by atoms with van der Waals surface area (Å²) in [5.74, 6) is -0.526. The molecule has 4 aromatic carbocycles. The number of amides is 2. The average molecular weight is 532 g/mol. The molecule has 3 N–H and O–H groups in total. The van der Waals surface area contributed by atoms with Gasteiger partial charge in [-0.05, 0) is 66.6 Å². The molecule has 0 saturated heterocycles. The van der Waals surface area contributed by atoms with E-state index in [2.05, 4.69) is 15.8 Å². The molecule has 0 heterocycles. The molecule has 0 aliphatic heterocycles. The maximum Gasteiger partial charge on any atom is 0.275 e. The zero-order valence-electron chi connectivity index (χ0n) is 20.8. The molecule has 38 heavy (non-hydrogen) atoms. The number of anilines is 1. The van der Waals surface area contributed by atoms with E-state index in [0.717, 1.165) is 16.3 Å². The number of nitrogens with zero attached hydrogens (tertiary/aromatic N) is 1. The van der Waals surface area contributed by atoms with Crippen molar-refractivity contribution in [3.05, 3.63) is 94.5 Å². The summed E-state index contributed by atoms with van der Waals surface area (Å²) in [6.45, 7) is 3.83. The van der Waals surface area contributed by atoms with E-state index in [9.17, 15) is 14.7 Å². The van der Waals surface area contributed by atoms with Gasteiger partial charge in [0.05, 0.1) is 23.4 Å². The number of aryl methyl sites for hydroxylation is 1. The van der Waals surface area contributed by atoms with Crippen molar-refractivity contribution in [3.8, 4) is 17.2 Å². The molecule has 0 aliphatic rings. The van der Waals surface area contributed by atoms with Crippen LogP contribution < -0.4 is 20.2 Å². The molecule has 0 radical (unpaired) electrons. The topological polar surface area (TPSA) is 109 Å². The Morgan fingerprint density at radius 2 is 1.71 bits per heavy atom. The second-order valence-electron chi connectivity index (χ2n) is 8.38. The molecular weight excluding hydrogens is 506 g/mol. The van der Waals surface area contributed by atoms with Gasteiger partial charge in [-0.15, -0.1) is 0 Å². The summed E-state index contributed by atoms with van der Waals surface area (Å²) in [7, 11) is 0. The molecular formula is C29H26ClN3O5. The van der Waals surface area contributed by atoms with E-state index in [1.807, 2.05) is 43.3 Å². The van der Waals surface area contributed by atoms with E-state index in [4.69, 9.17) is 21.1 Å². The highest BCUT2D eigenvalue weighted by molar-refractivity contribution is 6.32. The summed E-state index contributed by atoms with van der Waals surface area (Å²) < 4.78 is 11.3. The first-order chi connectivity index (χ1) is 18.3. The zero-order chi connectivity index (χ0) is 27.1. The van der Waals surface area contributed by atoms with Crippen LogP contribution in [-0.4, -0.2) is 36.3 Å². The molecule has 0 aliphatic carbocycles. The summed E-state index contributed by atoms with van der Waals surface area (Å²) in [6.07, 6.45) is 1.39. The molecule has 4 rings (SSSR count). The molecule has 0 saturated carbocycles. The molecule has 2 amide bonds. The van der Waals surface area contributed by atoms with E-state index >= 15 is 0 Å². The lowest BCUT2D eigenvalue weighted by molar-refractivity contribution is -0.118. The minimum Gasteiger partial charge on any atom is -0.507 e. The Morgan fingerprint density at radius 1 is 1.00 bits per heavy atom. The van der Waals surface area contributed by atoms with Crippen molar-refractivity contribution in [2.75, 3.05) is 18.5 Å². The SMILES string of the molecule is CCOc1cc(C=NNC(=O)c2cc3ccccc3cc2O)cc(Cl)c1OCC(=O)Nc1ccc(C)cc1. The van der Waals surface area contributed by atoms with Crippen molar-refractivity contribution in [3.63, 3.8) is 0 Å². The number of fused-ring (bicyclic) bond motifs is 1. The second-order valence-corrected chi connectivity index (χ2v) is 8.79. The third kappa shape index (κ3) is 6.60. The number of rotatable bonds is 9. The molecule has 0 unspecified atom stereocenters. The average Bonchev–Trinajstić information content (AvgIpc) is 2.89. The number of carbonyl (C=O) groups excluding carboxylic acids is 2. The molecule has 8 nitrogen and oxygen atoms in total. The Hall–Kier alpha value is -4.56. The van der Waals surface area contributed by atoms with Crippen LogP contribution >= 0.6 is 11.6 Å². The molecule has 0 aromatic heterocycles. The zero-order valence-corrected chi connectivity index (χ0v) is 21.6. The lowest BCUT2D eigenvalue weighted by atomic mass is 10.1. The lowest BCUT2D eigenvalue weighted by Gasteiger charge is -2.14. The van der Waals surface area contributed by atoms with Crippen molar-refractivity contribution in [1.82, 2.24) is 5.43 Å². The number of phenols is 1. The van der Waals surface area contributed by atoms with E-state index in [1.54, 1.807) is 37.3 Å². The molecule has 0 bridgehead atoms. The van der Waals surface area contributed by atoms with Gasteiger partial charge in [-0.1, -0.05) is 53.6 Å². The fourth-order valence-corrected chi connectivity index (χ4v) is 3.95. The highest BCUT2D eigenvalue weighted by Crippen LogP contribution is 2.36. The van der Waals surface area contributed by atoms with Crippen molar-refractivity contribution in [2.24, 2.45) is 5.10 Å². The third-order valence-corrected chi connectivity index (χ3v) is 5.78. The number of aromatic hydroxyl groups is 1. The van der Waals surface area contributed by atoms with Gasteiger partial charge in [0.2, 0.25) is 0 Å². The van der Waals surface area contributed by atoms with Crippen LogP contribution in [0.1, 0.15) is 28.4 Å². The predicted octanol–water partition coefficient (Wildman–Crippen LogP) is 5.69. The van der Waals surface area contributed by atoms with E-state index < -0.39 is 5.91 Å². The van der Waals surface area contributed by atoms with Crippen LogP contribution in [0.3, 0.4) is 0 Å². The van der Waals surface area contributed by atoms with Crippen molar-refractivity contribution >= 4 is 46.1 Å². The Bertz CT molecular complexity index is 1500. The van der Waals surface area contributed by atoms with Crippen LogP contribution in [0.25, 0.3) is 10.8 Å². The van der Waals surface area contributed by atoms with Crippen LogP contribution in [0.4, 0.5) is 5.69 Å². The molecule has 4 aromatic rings. The number of phenolic OH excluding ortho intramolecular Hbond substituents is 1. The second kappa shape index (κ2) is 12.1. The summed E-state index contributed by atoms with van der Waals surface area (Å²) in [6, 6.07) is 21.1. The first-order valence-corrected chi connectivity index (χ1v) is 12.2. The normalized spacial score (nSPS) is 10.9. The molecule has 0 atom stereocenters. The Morgan fingerprint density at radius 3 is 2.42 bits per heavy atom. The third-order valence-electron chi connectivity index (χ3n) is 5.50. The summed E-state index contributed by atoms with van der Waals surface area (Å²) in [5, 5.41) is 18.8. The number of hydrazone groups is 1. The summed E-state index contributed by atoms with van der Waals surface area (Å²) >= 11 is 6.43. The first-order valence-electron chi connectivity index (χ1n) is 11.8. The fourth-order valence-electron chi connectivity index (χ4n) is 3.67. The molecule has 0 fully saturated rings. The molecule has 0 spiro atoms. The number of hydrogen-bond acceptors (Lipinski definition) is 6. The van der Waals surface area contributed by atoms with E-state index in [1.165, 1.54) is 12.3 Å². The lowest BCUT2D eigenvalue weighted by Crippen LogP contribution is -2.20. The van der Waals surface area contributed by atoms with Gasteiger partial charge < -0.3 is 19.9 Å². The summed E-state index contributed by atoms with van der Waals surface area (Å²) in [4.78, 5) is 24.9. The standard InChI is InChI=1S/C29H26ClN3O5/c1-3-37-26-13-19(12-24(30)28(26)38-17-27(35)32-22-10-8-18(2)9-11-22)16-31-33-29(36)23-14-20-6-4-5-7-21(20)15-25(23)34/h4-16,34H,3,17H2,1-2H3,(H,32,35)(H,33,36). The van der Waals surface area contributed by atoms with Crippen molar-refractivity contribution < 1.29 is 24.2 Å². The van der Waals surface area contributed by atoms with Gasteiger partial charge in [0.15, 0.2) is 18.1 Å². The minimum atomic E-state index is -0.569. The van der Waals surface area contributed by atoms with Crippen LogP contribution in [0.15, 0.2) is 77.9 Å². The van der Waals surface area contributed by atoms with Gasteiger partial charge in [-0.2, -0.15) is 5.10 Å². The maximum absolute atomic E-state index is 12.6. The first kappa shape index (κ1) is 26.5. The quantitative estimate of drug-likeness (QED) is 0.190. The van der Waals surface area contributed by atoms with Crippen LogP contribution in [0.5, 0.6) is 17.2 Å².